The molecule has 0 atom stereocenters. The van der Waals surface area contributed by atoms with Crippen LogP contribution in [0.1, 0.15) is 47.9 Å². The van der Waals surface area contributed by atoms with Gasteiger partial charge in [-0.1, -0.05) is 36.4 Å². The van der Waals surface area contributed by atoms with Crippen molar-refractivity contribution in [1.29, 1.82) is 0 Å². The number of piperidine rings is 1. The van der Waals surface area contributed by atoms with Crippen molar-refractivity contribution in [2.24, 2.45) is 5.92 Å². The van der Waals surface area contributed by atoms with E-state index in [1.54, 1.807) is 0 Å². The first-order valence-electron chi connectivity index (χ1n) is 9.38. The van der Waals surface area contributed by atoms with Crippen LogP contribution >= 0.6 is 12.4 Å². The molecule has 2 aromatic rings. The van der Waals surface area contributed by atoms with Gasteiger partial charge in [-0.2, -0.15) is 0 Å². The van der Waals surface area contributed by atoms with Gasteiger partial charge in [-0.3, -0.25) is 0 Å². The Kier molecular flexibility index (Phi) is 4.29. The number of hydrogen-bond acceptors (Lipinski definition) is 2. The average molecular weight is 356 g/mol. The zero-order chi connectivity index (χ0) is 16.1. The summed E-state index contributed by atoms with van der Waals surface area (Å²) in [7, 11) is 0. The van der Waals surface area contributed by atoms with Crippen LogP contribution in [-0.4, -0.2) is 29.6 Å². The van der Waals surface area contributed by atoms with E-state index in [4.69, 9.17) is 0 Å². The van der Waals surface area contributed by atoms with Crippen molar-refractivity contribution in [3.8, 4) is 5.75 Å². The largest absolute Gasteiger partial charge is 0.508 e. The van der Waals surface area contributed by atoms with E-state index < -0.39 is 0 Å². The van der Waals surface area contributed by atoms with Gasteiger partial charge in [0.2, 0.25) is 0 Å². The maximum Gasteiger partial charge on any atom is 0.119 e. The summed E-state index contributed by atoms with van der Waals surface area (Å²) in [6.07, 6.45) is 6.08. The predicted molar refractivity (Wildman–Crippen MR) is 104 cm³/mol. The van der Waals surface area contributed by atoms with Crippen LogP contribution in [0.25, 0.3) is 0 Å². The molecule has 1 heterocycles. The summed E-state index contributed by atoms with van der Waals surface area (Å²) in [6.45, 7) is 3.66. The first-order valence-corrected chi connectivity index (χ1v) is 9.38. The number of hydrogen-bond donors (Lipinski definition) is 1. The summed E-state index contributed by atoms with van der Waals surface area (Å²) in [4.78, 5) is 2.67. The molecule has 25 heavy (non-hydrogen) atoms. The molecule has 2 nitrogen and oxygen atoms in total. The van der Waals surface area contributed by atoms with Gasteiger partial charge in [0.15, 0.2) is 0 Å². The van der Waals surface area contributed by atoms with E-state index in [0.29, 0.717) is 5.75 Å². The van der Waals surface area contributed by atoms with Crippen LogP contribution in [0.2, 0.25) is 0 Å². The molecule has 1 spiro atoms. The first-order chi connectivity index (χ1) is 11.8. The Labute approximate surface area is 156 Å². The van der Waals surface area contributed by atoms with Gasteiger partial charge in [0, 0.05) is 23.9 Å². The molecule has 0 radical (unpaired) electrons. The highest BCUT2D eigenvalue weighted by Gasteiger charge is 2.43. The summed E-state index contributed by atoms with van der Waals surface area (Å²) < 4.78 is 0. The molecule has 2 aliphatic carbocycles. The summed E-state index contributed by atoms with van der Waals surface area (Å²) in [5.74, 6) is 1.44. The van der Waals surface area contributed by atoms with E-state index in [9.17, 15) is 5.11 Å². The fraction of sp³-hybridized carbons (Fsp3) is 0.455. The van der Waals surface area contributed by atoms with Gasteiger partial charge in [-0.25, -0.2) is 0 Å². The molecule has 0 amide bonds. The van der Waals surface area contributed by atoms with Gasteiger partial charge < -0.3 is 10.0 Å². The lowest BCUT2D eigenvalue weighted by atomic mass is 9.62. The van der Waals surface area contributed by atoms with Crippen LogP contribution < -0.4 is 0 Å². The van der Waals surface area contributed by atoms with E-state index in [2.05, 4.69) is 35.2 Å². The molecule has 3 heteroatoms. The van der Waals surface area contributed by atoms with Gasteiger partial charge in [-0.05, 0) is 67.4 Å². The monoisotopic (exact) mass is 355 g/mol. The third-order valence-electron chi connectivity index (χ3n) is 6.49. The Morgan fingerprint density at radius 1 is 0.960 bits per heavy atom. The minimum atomic E-state index is 0. The van der Waals surface area contributed by atoms with Crippen molar-refractivity contribution in [3.63, 3.8) is 0 Å². The van der Waals surface area contributed by atoms with Crippen LogP contribution in [0.15, 0.2) is 42.5 Å². The van der Waals surface area contributed by atoms with Crippen molar-refractivity contribution in [2.45, 2.75) is 37.5 Å². The summed E-state index contributed by atoms with van der Waals surface area (Å²) in [6, 6.07) is 15.1. The summed E-state index contributed by atoms with van der Waals surface area (Å²) in [5, 5.41) is 10.5. The number of fused-ring (bicyclic) bond motifs is 4. The fourth-order valence-corrected chi connectivity index (χ4v) is 5.01. The number of phenolic OH excluding ortho intramolecular Hbond substituents is 1. The van der Waals surface area contributed by atoms with E-state index in [1.165, 1.54) is 62.0 Å². The molecule has 1 N–H and O–H groups in total. The van der Waals surface area contributed by atoms with Crippen LogP contribution in [0, 0.1) is 5.92 Å². The van der Waals surface area contributed by atoms with Crippen molar-refractivity contribution < 1.29 is 5.11 Å². The molecule has 132 valence electrons. The zero-order valence-corrected chi connectivity index (χ0v) is 15.4. The molecule has 2 fully saturated rings. The topological polar surface area (TPSA) is 23.5 Å². The minimum absolute atomic E-state index is 0. The maximum atomic E-state index is 10.5. The predicted octanol–water partition coefficient (Wildman–Crippen LogP) is 4.51. The molecule has 5 rings (SSSR count). The van der Waals surface area contributed by atoms with Crippen molar-refractivity contribution in [2.75, 3.05) is 19.6 Å². The summed E-state index contributed by atoms with van der Waals surface area (Å²) >= 11 is 0. The molecule has 1 saturated heterocycles. The summed E-state index contributed by atoms with van der Waals surface area (Å²) in [5.41, 5.74) is 5.55. The lowest BCUT2D eigenvalue weighted by Crippen LogP contribution is -2.46. The van der Waals surface area contributed by atoms with Gasteiger partial charge in [0.25, 0.3) is 0 Å². The lowest BCUT2D eigenvalue weighted by molar-refractivity contribution is 0.171. The van der Waals surface area contributed by atoms with Crippen LogP contribution in [0.4, 0.5) is 0 Å². The Morgan fingerprint density at radius 2 is 1.68 bits per heavy atom. The third-order valence-corrected chi connectivity index (χ3v) is 6.49. The smallest absolute Gasteiger partial charge is 0.119 e. The quantitative estimate of drug-likeness (QED) is 0.856. The molecule has 1 saturated carbocycles. The number of phenols is 1. The van der Waals surface area contributed by atoms with Gasteiger partial charge in [0.1, 0.15) is 5.75 Å². The fourth-order valence-electron chi connectivity index (χ4n) is 5.01. The highest BCUT2D eigenvalue weighted by Crippen LogP contribution is 2.50. The van der Waals surface area contributed by atoms with Crippen LogP contribution in [0.5, 0.6) is 5.75 Å². The Morgan fingerprint density at radius 3 is 2.44 bits per heavy atom. The molecule has 3 aliphatic rings. The number of benzene rings is 2. The maximum absolute atomic E-state index is 10.5. The van der Waals surface area contributed by atoms with Gasteiger partial charge in [-0.15, -0.1) is 12.4 Å². The molecule has 0 aromatic heterocycles. The molecule has 1 aliphatic heterocycles. The molecule has 0 bridgehead atoms. The third kappa shape index (κ3) is 2.76. The highest BCUT2D eigenvalue weighted by atomic mass is 35.5. The second-order valence-electron chi connectivity index (χ2n) is 7.96. The number of rotatable bonds is 2. The second kappa shape index (κ2) is 6.34. The lowest BCUT2D eigenvalue weighted by Gasteiger charge is -2.46. The van der Waals surface area contributed by atoms with E-state index in [1.807, 2.05) is 12.1 Å². The molecular weight excluding hydrogens is 330 g/mol. The number of halogens is 1. The average Bonchev–Trinajstić information content (AvgIpc) is 3.42. The molecule has 0 unspecified atom stereocenters. The Bertz CT molecular complexity index is 775. The minimum Gasteiger partial charge on any atom is -0.508 e. The van der Waals surface area contributed by atoms with Crippen molar-refractivity contribution in [3.05, 3.63) is 64.7 Å². The van der Waals surface area contributed by atoms with E-state index in [0.717, 1.165) is 17.9 Å². The van der Waals surface area contributed by atoms with Crippen molar-refractivity contribution >= 4 is 12.4 Å². The van der Waals surface area contributed by atoms with Gasteiger partial charge >= 0.3 is 0 Å². The highest BCUT2D eigenvalue weighted by molar-refractivity contribution is 5.85. The second-order valence-corrected chi connectivity index (χ2v) is 7.96. The Hall–Kier alpha value is -1.51. The van der Waals surface area contributed by atoms with E-state index in [-0.39, 0.29) is 17.8 Å². The SMILES string of the molecule is Cl.Oc1cccc2c1Cc1ccccc1C21CCN(CC2CC2)CC1. The van der Waals surface area contributed by atoms with Crippen LogP contribution in [0.3, 0.4) is 0 Å². The standard InChI is InChI=1S/C22H25NO.ClH/c24-21-7-3-6-20-18(21)14-17-4-1-2-5-19(17)22(20)10-12-23(13-11-22)15-16-8-9-16;/h1-7,16,24H,8-15H2;1H. The van der Waals surface area contributed by atoms with Crippen molar-refractivity contribution in [1.82, 2.24) is 4.90 Å². The number of nitrogens with zero attached hydrogens (tertiary/aromatic N) is 1. The first kappa shape index (κ1) is 16.9. The van der Waals surface area contributed by atoms with Crippen LogP contribution in [-0.2, 0) is 11.8 Å². The van der Waals surface area contributed by atoms with E-state index >= 15 is 0 Å². The number of likely N-dealkylation sites (tertiary alicyclic amines) is 1. The van der Waals surface area contributed by atoms with Gasteiger partial charge in [0.05, 0.1) is 0 Å². The normalized spacial score (nSPS) is 21.3. The number of aromatic hydroxyl groups is 1. The molecule has 2 aromatic carbocycles. The Balaban J connectivity index is 0.00000157. The molecular formula is C22H26ClNO. The zero-order valence-electron chi connectivity index (χ0n) is 14.6.